The van der Waals surface area contributed by atoms with E-state index >= 15 is 0 Å². The van der Waals surface area contributed by atoms with Crippen LogP contribution in [-0.2, 0) is 9.84 Å². The lowest BCUT2D eigenvalue weighted by Crippen LogP contribution is -2.25. The third-order valence-corrected chi connectivity index (χ3v) is 7.60. The van der Waals surface area contributed by atoms with Crippen LogP contribution in [0.4, 0.5) is 14.5 Å². The quantitative estimate of drug-likeness (QED) is 0.804. The molecule has 0 aliphatic carbocycles. The van der Waals surface area contributed by atoms with Crippen LogP contribution in [0.15, 0.2) is 47.4 Å². The molecular formula is C18H15F2NO5S2. The van der Waals surface area contributed by atoms with E-state index in [1.165, 1.54) is 30.0 Å². The molecule has 0 spiro atoms. The number of sulfone groups is 1. The Labute approximate surface area is 164 Å². The van der Waals surface area contributed by atoms with E-state index in [1.807, 2.05) is 0 Å². The first-order valence-corrected chi connectivity index (χ1v) is 11.1. The lowest BCUT2D eigenvalue weighted by molar-refractivity contribution is -0.286. The van der Waals surface area contributed by atoms with Crippen molar-refractivity contribution in [3.8, 4) is 11.5 Å². The molecule has 1 N–H and O–H groups in total. The second-order valence-electron chi connectivity index (χ2n) is 6.42. The zero-order valence-electron chi connectivity index (χ0n) is 14.4. The predicted octanol–water partition coefficient (Wildman–Crippen LogP) is 3.54. The van der Waals surface area contributed by atoms with Gasteiger partial charge in [-0.25, -0.2) is 8.42 Å². The Hall–Kier alpha value is -2.33. The summed E-state index contributed by atoms with van der Waals surface area (Å²) < 4.78 is 58.3. The van der Waals surface area contributed by atoms with Crippen LogP contribution in [0.5, 0.6) is 11.5 Å². The summed E-state index contributed by atoms with van der Waals surface area (Å²) in [5.41, 5.74) is 0.646. The number of thioether (sulfide) groups is 1. The van der Waals surface area contributed by atoms with Crippen LogP contribution >= 0.6 is 11.8 Å². The number of anilines is 1. The summed E-state index contributed by atoms with van der Waals surface area (Å²) in [7, 11) is -3.02. The van der Waals surface area contributed by atoms with Gasteiger partial charge in [0, 0.05) is 21.9 Å². The van der Waals surface area contributed by atoms with Crippen molar-refractivity contribution in [1.29, 1.82) is 0 Å². The minimum Gasteiger partial charge on any atom is -0.395 e. The number of fused-ring (bicyclic) bond motifs is 1. The number of amides is 1. The van der Waals surface area contributed by atoms with Gasteiger partial charge < -0.3 is 14.8 Å². The van der Waals surface area contributed by atoms with Gasteiger partial charge in [0.05, 0.1) is 17.1 Å². The summed E-state index contributed by atoms with van der Waals surface area (Å²) in [6.45, 7) is 0. The standard InChI is InChI=1S/C18H15F2NO5S2/c19-18(20)25-14-6-5-11(9-15(14)26-18)21-17(22)13-3-1-2-4-16(13)27-12-7-8-28(23,24)10-12/h1-6,9,12H,7-8,10H2,(H,21,22)/t12-/m0/s1. The van der Waals surface area contributed by atoms with E-state index < -0.39 is 22.0 Å². The van der Waals surface area contributed by atoms with Gasteiger partial charge in [0.1, 0.15) is 0 Å². The Morgan fingerprint density at radius 1 is 1.14 bits per heavy atom. The third kappa shape index (κ3) is 4.07. The molecule has 2 aliphatic heterocycles. The molecule has 1 atom stereocenters. The van der Waals surface area contributed by atoms with Gasteiger partial charge in [-0.15, -0.1) is 20.5 Å². The van der Waals surface area contributed by atoms with Crippen molar-refractivity contribution >= 4 is 33.2 Å². The molecule has 148 valence electrons. The summed E-state index contributed by atoms with van der Waals surface area (Å²) in [6.07, 6.45) is -3.19. The highest BCUT2D eigenvalue weighted by Gasteiger charge is 2.43. The van der Waals surface area contributed by atoms with E-state index in [9.17, 15) is 22.0 Å². The minimum absolute atomic E-state index is 0.0873. The SMILES string of the molecule is O=C(Nc1ccc2c(c1)OC(F)(F)O2)c1ccccc1S[C@H]1CCS(=O)(=O)C1. The molecule has 0 saturated carbocycles. The first-order chi connectivity index (χ1) is 13.2. The number of rotatable bonds is 4. The number of hydrogen-bond acceptors (Lipinski definition) is 6. The first kappa shape index (κ1) is 19.0. The lowest BCUT2D eigenvalue weighted by Gasteiger charge is -2.13. The number of ether oxygens (including phenoxy) is 2. The monoisotopic (exact) mass is 427 g/mol. The number of carbonyl (C=O) groups is 1. The number of halogens is 2. The minimum atomic E-state index is -3.73. The average Bonchev–Trinajstić information content (AvgIpc) is 3.11. The van der Waals surface area contributed by atoms with E-state index in [0.717, 1.165) is 0 Å². The first-order valence-electron chi connectivity index (χ1n) is 8.38. The van der Waals surface area contributed by atoms with Crippen LogP contribution in [0.3, 0.4) is 0 Å². The average molecular weight is 427 g/mol. The molecule has 2 heterocycles. The fraction of sp³-hybridized carbons (Fsp3) is 0.278. The predicted molar refractivity (Wildman–Crippen MR) is 100.0 cm³/mol. The van der Waals surface area contributed by atoms with Gasteiger partial charge in [0.15, 0.2) is 21.3 Å². The Bertz CT molecular complexity index is 1040. The maximum Gasteiger partial charge on any atom is 0.586 e. The van der Waals surface area contributed by atoms with Crippen molar-refractivity contribution in [2.75, 3.05) is 16.8 Å². The van der Waals surface area contributed by atoms with Crippen LogP contribution in [0, 0.1) is 0 Å². The summed E-state index contributed by atoms with van der Waals surface area (Å²) in [4.78, 5) is 13.4. The van der Waals surface area contributed by atoms with Crippen LogP contribution < -0.4 is 14.8 Å². The molecule has 28 heavy (non-hydrogen) atoms. The summed E-state index contributed by atoms with van der Waals surface area (Å²) in [6, 6.07) is 10.8. The highest BCUT2D eigenvalue weighted by Crippen LogP contribution is 2.42. The second-order valence-corrected chi connectivity index (χ2v) is 9.99. The molecule has 1 fully saturated rings. The second kappa shape index (κ2) is 6.93. The van der Waals surface area contributed by atoms with Gasteiger partial charge in [-0.2, -0.15) is 0 Å². The molecule has 2 aromatic carbocycles. The maximum atomic E-state index is 13.1. The van der Waals surface area contributed by atoms with E-state index in [-0.39, 0.29) is 33.9 Å². The van der Waals surface area contributed by atoms with Gasteiger partial charge in [-0.1, -0.05) is 12.1 Å². The largest absolute Gasteiger partial charge is 0.586 e. The number of benzene rings is 2. The van der Waals surface area contributed by atoms with Crippen molar-refractivity contribution in [1.82, 2.24) is 0 Å². The molecule has 2 aliphatic rings. The molecule has 6 nitrogen and oxygen atoms in total. The third-order valence-electron chi connectivity index (χ3n) is 4.28. The number of nitrogens with one attached hydrogen (secondary N) is 1. The van der Waals surface area contributed by atoms with E-state index in [4.69, 9.17) is 0 Å². The maximum absolute atomic E-state index is 13.1. The van der Waals surface area contributed by atoms with Crippen LogP contribution in [0.25, 0.3) is 0 Å². The van der Waals surface area contributed by atoms with Crippen molar-refractivity contribution in [2.45, 2.75) is 22.9 Å². The fourth-order valence-corrected chi connectivity index (χ4v) is 6.64. The van der Waals surface area contributed by atoms with Crippen molar-refractivity contribution in [2.24, 2.45) is 0 Å². The molecule has 1 saturated heterocycles. The molecule has 2 aromatic rings. The van der Waals surface area contributed by atoms with Crippen LogP contribution in [0.2, 0.25) is 0 Å². The number of hydrogen-bond donors (Lipinski definition) is 1. The Morgan fingerprint density at radius 2 is 1.89 bits per heavy atom. The Kier molecular flexibility index (Phi) is 4.70. The van der Waals surface area contributed by atoms with Crippen LogP contribution in [0.1, 0.15) is 16.8 Å². The van der Waals surface area contributed by atoms with Crippen molar-refractivity contribution in [3.05, 3.63) is 48.0 Å². The van der Waals surface area contributed by atoms with E-state index in [0.29, 0.717) is 16.9 Å². The van der Waals surface area contributed by atoms with E-state index in [2.05, 4.69) is 14.8 Å². The number of alkyl halides is 2. The topological polar surface area (TPSA) is 81.7 Å². The van der Waals surface area contributed by atoms with Gasteiger partial charge in [0.2, 0.25) is 0 Å². The summed E-state index contributed by atoms with van der Waals surface area (Å²) in [5.74, 6) is -0.470. The van der Waals surface area contributed by atoms with Gasteiger partial charge >= 0.3 is 6.29 Å². The molecule has 4 rings (SSSR count). The zero-order chi connectivity index (χ0) is 19.9. The molecule has 1 amide bonds. The summed E-state index contributed by atoms with van der Waals surface area (Å²) >= 11 is 1.35. The van der Waals surface area contributed by atoms with Crippen molar-refractivity contribution in [3.63, 3.8) is 0 Å². The molecule has 0 radical (unpaired) electrons. The molecular weight excluding hydrogens is 412 g/mol. The van der Waals surface area contributed by atoms with Gasteiger partial charge in [-0.3, -0.25) is 4.79 Å². The fourth-order valence-electron chi connectivity index (χ4n) is 3.02. The Morgan fingerprint density at radius 3 is 2.64 bits per heavy atom. The van der Waals surface area contributed by atoms with Crippen molar-refractivity contribution < 1.29 is 31.5 Å². The number of carbonyl (C=O) groups excluding carboxylic acids is 1. The van der Waals surface area contributed by atoms with Gasteiger partial charge in [-0.05, 0) is 30.7 Å². The zero-order valence-corrected chi connectivity index (χ0v) is 16.0. The molecule has 0 unspecified atom stereocenters. The van der Waals surface area contributed by atoms with E-state index in [1.54, 1.807) is 24.3 Å². The summed E-state index contributed by atoms with van der Waals surface area (Å²) in [5, 5.41) is 2.54. The highest BCUT2D eigenvalue weighted by atomic mass is 32.2. The lowest BCUT2D eigenvalue weighted by atomic mass is 10.2. The van der Waals surface area contributed by atoms with Crippen LogP contribution in [-0.4, -0.2) is 37.4 Å². The molecule has 0 aromatic heterocycles. The highest BCUT2D eigenvalue weighted by molar-refractivity contribution is 8.02. The normalized spacial score (nSPS) is 21.4. The smallest absolute Gasteiger partial charge is 0.395 e. The molecule has 0 bridgehead atoms. The Balaban J connectivity index is 1.50. The van der Waals surface area contributed by atoms with Gasteiger partial charge in [0.25, 0.3) is 5.91 Å². The molecule has 10 heteroatoms.